The zero-order valence-electron chi connectivity index (χ0n) is 17.9. The van der Waals surface area contributed by atoms with Crippen LogP contribution in [0.1, 0.15) is 47.7 Å². The Morgan fingerprint density at radius 2 is 1.80 bits per heavy atom. The summed E-state index contributed by atoms with van der Waals surface area (Å²) >= 11 is 1.88. The number of hydrogen-bond donors (Lipinski definition) is 1. The van der Waals surface area contributed by atoms with Crippen molar-refractivity contribution >= 4 is 29.3 Å². The SMILES string of the molecule is Cc1cc(C(=O)N2CCSCC2)ccc1NC(=O)CCOc1ccc(C(C)C)cc1. The molecule has 5 nitrogen and oxygen atoms in total. The molecule has 1 saturated heterocycles. The average molecular weight is 427 g/mol. The molecule has 6 heteroatoms. The molecule has 2 aromatic rings. The number of carbonyl (C=O) groups excluding carboxylic acids is 2. The maximum atomic E-state index is 12.6. The number of hydrogen-bond acceptors (Lipinski definition) is 4. The van der Waals surface area contributed by atoms with Crippen LogP contribution in [-0.2, 0) is 4.79 Å². The van der Waals surface area contributed by atoms with Gasteiger partial charge in [0.2, 0.25) is 5.91 Å². The summed E-state index contributed by atoms with van der Waals surface area (Å²) in [5.41, 5.74) is 3.54. The molecule has 0 spiro atoms. The number of amides is 2. The molecular formula is C24H30N2O3S. The second-order valence-electron chi connectivity index (χ2n) is 7.80. The van der Waals surface area contributed by atoms with Gasteiger partial charge >= 0.3 is 0 Å². The summed E-state index contributed by atoms with van der Waals surface area (Å²) in [5, 5.41) is 2.92. The molecule has 3 rings (SSSR count). The van der Waals surface area contributed by atoms with Gasteiger partial charge in [-0.3, -0.25) is 9.59 Å². The van der Waals surface area contributed by atoms with E-state index in [1.807, 2.05) is 47.9 Å². The van der Waals surface area contributed by atoms with Gasteiger partial charge in [-0.25, -0.2) is 0 Å². The molecule has 0 bridgehead atoms. The van der Waals surface area contributed by atoms with E-state index in [4.69, 9.17) is 4.74 Å². The van der Waals surface area contributed by atoms with Gasteiger partial charge in [0.05, 0.1) is 13.0 Å². The molecule has 1 fully saturated rings. The van der Waals surface area contributed by atoms with Gasteiger partial charge in [0, 0.05) is 35.8 Å². The average Bonchev–Trinajstić information content (AvgIpc) is 2.75. The number of rotatable bonds is 7. The quantitative estimate of drug-likeness (QED) is 0.696. The second-order valence-corrected chi connectivity index (χ2v) is 9.03. The van der Waals surface area contributed by atoms with Gasteiger partial charge in [-0.1, -0.05) is 26.0 Å². The minimum absolute atomic E-state index is 0.0631. The summed E-state index contributed by atoms with van der Waals surface area (Å²) in [6.45, 7) is 8.11. The van der Waals surface area contributed by atoms with Crippen molar-refractivity contribution in [2.45, 2.75) is 33.1 Å². The maximum Gasteiger partial charge on any atom is 0.253 e. The summed E-state index contributed by atoms with van der Waals surface area (Å²) in [6, 6.07) is 13.4. The van der Waals surface area contributed by atoms with E-state index < -0.39 is 0 Å². The van der Waals surface area contributed by atoms with E-state index in [-0.39, 0.29) is 18.2 Å². The number of nitrogens with one attached hydrogen (secondary N) is 1. The largest absolute Gasteiger partial charge is 0.493 e. The maximum absolute atomic E-state index is 12.6. The number of aryl methyl sites for hydroxylation is 1. The lowest BCUT2D eigenvalue weighted by molar-refractivity contribution is -0.116. The van der Waals surface area contributed by atoms with Gasteiger partial charge in [0.25, 0.3) is 5.91 Å². The molecule has 1 aliphatic heterocycles. The van der Waals surface area contributed by atoms with Crippen LogP contribution in [0.25, 0.3) is 0 Å². The van der Waals surface area contributed by atoms with Gasteiger partial charge in [0.15, 0.2) is 0 Å². The molecule has 0 aliphatic carbocycles. The Kier molecular flexibility index (Phi) is 7.80. The van der Waals surface area contributed by atoms with Crippen LogP contribution < -0.4 is 10.1 Å². The minimum Gasteiger partial charge on any atom is -0.493 e. The second kappa shape index (κ2) is 10.5. The standard InChI is InChI=1S/C24H30N2O3S/c1-17(2)19-4-7-21(8-5-19)29-13-10-23(27)25-22-9-6-20(16-18(22)3)24(28)26-11-14-30-15-12-26/h4-9,16-17H,10-15H2,1-3H3,(H,25,27). The topological polar surface area (TPSA) is 58.6 Å². The molecule has 0 saturated carbocycles. The number of anilines is 1. The van der Waals surface area contributed by atoms with E-state index in [9.17, 15) is 9.59 Å². The molecule has 0 radical (unpaired) electrons. The lowest BCUT2D eigenvalue weighted by Crippen LogP contribution is -2.37. The molecule has 1 heterocycles. The molecular weight excluding hydrogens is 396 g/mol. The number of benzene rings is 2. The van der Waals surface area contributed by atoms with Gasteiger partial charge in [-0.05, 0) is 54.3 Å². The third kappa shape index (κ3) is 6.02. The minimum atomic E-state index is -0.107. The van der Waals surface area contributed by atoms with Crippen molar-refractivity contribution in [1.29, 1.82) is 0 Å². The first-order valence-corrected chi connectivity index (χ1v) is 11.6. The first-order chi connectivity index (χ1) is 14.4. The van der Waals surface area contributed by atoms with E-state index in [1.165, 1.54) is 5.56 Å². The van der Waals surface area contributed by atoms with E-state index >= 15 is 0 Å². The first kappa shape index (κ1) is 22.2. The van der Waals surface area contributed by atoms with Crippen molar-refractivity contribution in [3.8, 4) is 5.75 Å². The van der Waals surface area contributed by atoms with Crippen molar-refractivity contribution in [1.82, 2.24) is 4.90 Å². The van der Waals surface area contributed by atoms with Crippen LogP contribution in [0.15, 0.2) is 42.5 Å². The molecule has 1 aliphatic rings. The fraction of sp³-hybridized carbons (Fsp3) is 0.417. The Morgan fingerprint density at radius 1 is 1.10 bits per heavy atom. The van der Waals surface area contributed by atoms with E-state index in [2.05, 4.69) is 31.3 Å². The molecule has 160 valence electrons. The van der Waals surface area contributed by atoms with Crippen molar-refractivity contribution in [2.24, 2.45) is 0 Å². The van der Waals surface area contributed by atoms with E-state index in [0.717, 1.165) is 41.6 Å². The third-order valence-electron chi connectivity index (χ3n) is 5.19. The zero-order chi connectivity index (χ0) is 21.5. The Hall–Kier alpha value is -2.47. The summed E-state index contributed by atoms with van der Waals surface area (Å²) in [4.78, 5) is 26.8. The van der Waals surface area contributed by atoms with Crippen molar-refractivity contribution in [2.75, 3.05) is 36.5 Å². The van der Waals surface area contributed by atoms with Crippen LogP contribution in [0.3, 0.4) is 0 Å². The van der Waals surface area contributed by atoms with Gasteiger partial charge in [-0.2, -0.15) is 11.8 Å². The smallest absolute Gasteiger partial charge is 0.253 e. The number of nitrogens with zero attached hydrogens (tertiary/aromatic N) is 1. The van der Waals surface area contributed by atoms with Gasteiger partial charge < -0.3 is 15.0 Å². The molecule has 1 N–H and O–H groups in total. The molecule has 0 aromatic heterocycles. The van der Waals surface area contributed by atoms with Crippen molar-refractivity contribution < 1.29 is 14.3 Å². The Bertz CT molecular complexity index is 875. The van der Waals surface area contributed by atoms with Crippen LogP contribution in [0.2, 0.25) is 0 Å². The van der Waals surface area contributed by atoms with Gasteiger partial charge in [-0.15, -0.1) is 0 Å². The van der Waals surface area contributed by atoms with Crippen LogP contribution in [0.5, 0.6) is 5.75 Å². The number of carbonyl (C=O) groups is 2. The predicted octanol–water partition coefficient (Wildman–Crippen LogP) is 4.72. The molecule has 2 amide bonds. The Morgan fingerprint density at radius 3 is 2.43 bits per heavy atom. The highest BCUT2D eigenvalue weighted by atomic mass is 32.2. The first-order valence-electron chi connectivity index (χ1n) is 10.4. The van der Waals surface area contributed by atoms with E-state index in [1.54, 1.807) is 6.07 Å². The molecule has 0 unspecified atom stereocenters. The van der Waals surface area contributed by atoms with Crippen LogP contribution in [-0.4, -0.2) is 47.9 Å². The number of thioether (sulfide) groups is 1. The van der Waals surface area contributed by atoms with Crippen molar-refractivity contribution in [3.05, 3.63) is 59.2 Å². The molecule has 0 atom stereocenters. The predicted molar refractivity (Wildman–Crippen MR) is 124 cm³/mol. The summed E-state index contributed by atoms with van der Waals surface area (Å²) < 4.78 is 5.68. The fourth-order valence-corrected chi connectivity index (χ4v) is 4.21. The Balaban J connectivity index is 1.49. The summed E-state index contributed by atoms with van der Waals surface area (Å²) in [6.07, 6.45) is 0.261. The summed E-state index contributed by atoms with van der Waals surface area (Å²) in [7, 11) is 0. The zero-order valence-corrected chi connectivity index (χ0v) is 18.8. The van der Waals surface area contributed by atoms with Gasteiger partial charge in [0.1, 0.15) is 5.75 Å². The lowest BCUT2D eigenvalue weighted by atomic mass is 10.0. The Labute approximate surface area is 183 Å². The van der Waals surface area contributed by atoms with Crippen LogP contribution >= 0.6 is 11.8 Å². The van der Waals surface area contributed by atoms with Crippen LogP contribution in [0.4, 0.5) is 5.69 Å². The molecule has 30 heavy (non-hydrogen) atoms. The van der Waals surface area contributed by atoms with E-state index in [0.29, 0.717) is 18.1 Å². The molecule has 2 aromatic carbocycles. The highest BCUT2D eigenvalue weighted by Crippen LogP contribution is 2.21. The normalized spacial score (nSPS) is 13.9. The highest BCUT2D eigenvalue weighted by molar-refractivity contribution is 7.99. The highest BCUT2D eigenvalue weighted by Gasteiger charge is 2.19. The fourth-order valence-electron chi connectivity index (χ4n) is 3.31. The third-order valence-corrected chi connectivity index (χ3v) is 6.13. The van der Waals surface area contributed by atoms with Crippen LogP contribution in [0, 0.1) is 6.92 Å². The monoisotopic (exact) mass is 426 g/mol. The number of ether oxygens (including phenoxy) is 1. The van der Waals surface area contributed by atoms with Crippen molar-refractivity contribution in [3.63, 3.8) is 0 Å². The summed E-state index contributed by atoms with van der Waals surface area (Å²) in [5.74, 6) is 3.18. The lowest BCUT2D eigenvalue weighted by Gasteiger charge is -2.26.